The highest BCUT2D eigenvalue weighted by Gasteiger charge is 2.53. The summed E-state index contributed by atoms with van der Waals surface area (Å²) in [5.41, 5.74) is 8.97. The molecule has 0 spiro atoms. The van der Waals surface area contributed by atoms with Crippen LogP contribution in [0.25, 0.3) is 33.4 Å². The Morgan fingerprint density at radius 2 is 1.85 bits per heavy atom. The number of methoxy groups -OCH3 is 2. The molecular weight excluding hydrogens is 859 g/mol. The topological polar surface area (TPSA) is 159 Å². The number of carbonyl (C=O) groups excluding carboxylic acids is 3. The smallest absolute Gasteiger partial charge is 0.324 e. The summed E-state index contributed by atoms with van der Waals surface area (Å²) in [6, 6.07) is 8.28. The average Bonchev–Trinajstić information content (AvgIpc) is 3.57. The van der Waals surface area contributed by atoms with Crippen LogP contribution in [0.2, 0.25) is 0 Å². The molecule has 2 N–H and O–H groups in total. The molecule has 7 atom stereocenters. The van der Waals surface area contributed by atoms with Gasteiger partial charge in [-0.2, -0.15) is 0 Å². The van der Waals surface area contributed by atoms with E-state index in [1.54, 1.807) is 14.2 Å². The SMILES string of the molecule is CO[C@@H](C)c1ncccc1-c1c2c3cc(ccc3n1CCOC1CCOCC1)-c1csc(n1)[C@@H](N1CC(C)(OC)C1)[C@H](NC(=O)C1[C@@H](C)[C@H]1C)C(=O)N1CCC[C@H](N1)C(=O)OCC(C)(C)C2. The summed E-state index contributed by atoms with van der Waals surface area (Å²) in [6.07, 6.45) is 5.07. The fraction of sp³-hybridized carbons (Fsp3) is 0.620. The van der Waals surface area contributed by atoms with Gasteiger partial charge < -0.3 is 33.6 Å². The highest BCUT2D eigenvalue weighted by molar-refractivity contribution is 7.10. The number of hydrogen-bond acceptors (Lipinski definition) is 13. The van der Waals surface area contributed by atoms with Crippen molar-refractivity contribution in [1.82, 2.24) is 35.2 Å². The van der Waals surface area contributed by atoms with Gasteiger partial charge in [0.25, 0.3) is 5.91 Å². The Kier molecular flexibility index (Phi) is 13.5. The number of cyclic esters (lactones) is 1. The molecule has 356 valence electrons. The number of benzene rings is 1. The second-order valence-corrected chi connectivity index (χ2v) is 21.2. The first-order chi connectivity index (χ1) is 31.7. The second-order valence-electron chi connectivity index (χ2n) is 20.3. The lowest BCUT2D eigenvalue weighted by atomic mass is 9.84. The Morgan fingerprint density at radius 1 is 1.08 bits per heavy atom. The summed E-state index contributed by atoms with van der Waals surface area (Å²) in [4.78, 5) is 55.7. The third kappa shape index (κ3) is 9.31. The van der Waals surface area contributed by atoms with Gasteiger partial charge in [-0.1, -0.05) is 33.8 Å². The molecule has 4 aliphatic heterocycles. The van der Waals surface area contributed by atoms with Gasteiger partial charge >= 0.3 is 5.97 Å². The van der Waals surface area contributed by atoms with Crippen molar-refractivity contribution in [3.05, 3.63) is 58.2 Å². The first-order valence-corrected chi connectivity index (χ1v) is 24.7. The zero-order valence-corrected chi connectivity index (χ0v) is 40.6. The predicted molar refractivity (Wildman–Crippen MR) is 251 cm³/mol. The Hall–Kier alpha value is -4.29. The maximum atomic E-state index is 15.0. The fourth-order valence-corrected chi connectivity index (χ4v) is 11.6. The van der Waals surface area contributed by atoms with Gasteiger partial charge in [-0.25, -0.2) is 10.4 Å². The Morgan fingerprint density at radius 3 is 2.58 bits per heavy atom. The fourth-order valence-electron chi connectivity index (χ4n) is 10.6. The van der Waals surface area contributed by atoms with E-state index in [4.69, 9.17) is 33.7 Å². The van der Waals surface area contributed by atoms with Crippen LogP contribution in [-0.2, 0) is 51.0 Å². The monoisotopic (exact) mass is 925 g/mol. The second kappa shape index (κ2) is 19.0. The summed E-state index contributed by atoms with van der Waals surface area (Å²) in [5.74, 6) is -0.633. The van der Waals surface area contributed by atoms with E-state index in [1.165, 1.54) is 16.3 Å². The van der Waals surface area contributed by atoms with Crippen molar-refractivity contribution < 1.29 is 38.1 Å². The van der Waals surface area contributed by atoms with Gasteiger partial charge in [-0.15, -0.1) is 11.3 Å². The summed E-state index contributed by atoms with van der Waals surface area (Å²) in [5, 5.41) is 8.60. The number of thiazole rings is 1. The van der Waals surface area contributed by atoms with Gasteiger partial charge in [-0.3, -0.25) is 29.3 Å². The Balaban J connectivity index is 1.20. The maximum absolute atomic E-state index is 15.0. The van der Waals surface area contributed by atoms with Gasteiger partial charge in [0.05, 0.1) is 54.1 Å². The molecule has 16 heteroatoms. The Bertz CT molecular complexity index is 2420. The number of amides is 2. The van der Waals surface area contributed by atoms with E-state index in [9.17, 15) is 9.59 Å². The summed E-state index contributed by atoms with van der Waals surface area (Å²) < 4.78 is 32.6. The molecule has 2 amide bonds. The van der Waals surface area contributed by atoms with Crippen LogP contribution in [0.1, 0.15) is 95.6 Å². The number of fused-ring (bicyclic) bond motifs is 6. The summed E-state index contributed by atoms with van der Waals surface area (Å²) in [6.45, 7) is 16.6. The van der Waals surface area contributed by atoms with E-state index in [-0.39, 0.29) is 48.4 Å². The minimum Gasteiger partial charge on any atom is -0.464 e. The molecule has 6 bridgehead atoms. The molecule has 7 heterocycles. The number of likely N-dealkylation sites (tertiary alicyclic amines) is 1. The zero-order valence-electron chi connectivity index (χ0n) is 39.8. The molecule has 3 saturated heterocycles. The predicted octanol–water partition coefficient (Wildman–Crippen LogP) is 6.50. The third-order valence-corrected chi connectivity index (χ3v) is 15.8. The van der Waals surface area contributed by atoms with Crippen molar-refractivity contribution in [3.8, 4) is 22.5 Å². The number of esters is 1. The molecule has 0 radical (unpaired) electrons. The number of pyridine rings is 1. The van der Waals surface area contributed by atoms with Crippen molar-refractivity contribution in [2.45, 2.75) is 116 Å². The molecule has 3 aromatic heterocycles. The van der Waals surface area contributed by atoms with Crippen molar-refractivity contribution in [1.29, 1.82) is 0 Å². The third-order valence-electron chi connectivity index (χ3n) is 14.9. The maximum Gasteiger partial charge on any atom is 0.324 e. The largest absolute Gasteiger partial charge is 0.464 e. The molecule has 4 fully saturated rings. The van der Waals surface area contributed by atoms with Crippen molar-refractivity contribution in [3.63, 3.8) is 0 Å². The molecule has 1 saturated carbocycles. The van der Waals surface area contributed by atoms with E-state index in [1.807, 2.05) is 19.2 Å². The molecule has 4 aromatic rings. The molecule has 1 unspecified atom stereocenters. The number of aromatic nitrogens is 3. The lowest BCUT2D eigenvalue weighted by molar-refractivity contribution is -0.159. The van der Waals surface area contributed by atoms with Crippen LogP contribution in [0, 0.1) is 23.2 Å². The van der Waals surface area contributed by atoms with Crippen LogP contribution < -0.4 is 10.7 Å². The van der Waals surface area contributed by atoms with Gasteiger partial charge in [0, 0.05) is 98.6 Å². The van der Waals surface area contributed by atoms with Gasteiger partial charge in [0.15, 0.2) is 0 Å². The van der Waals surface area contributed by atoms with Gasteiger partial charge in [0.1, 0.15) is 17.1 Å². The normalized spacial score (nSPS) is 27.5. The first-order valence-electron chi connectivity index (χ1n) is 23.8. The van der Waals surface area contributed by atoms with Crippen molar-refractivity contribution in [2.75, 3.05) is 60.3 Å². The lowest BCUT2D eigenvalue weighted by Crippen LogP contribution is -2.67. The van der Waals surface area contributed by atoms with Crippen LogP contribution in [0.5, 0.6) is 0 Å². The molecule has 9 rings (SSSR count). The zero-order chi connectivity index (χ0) is 46.5. The quantitative estimate of drug-likeness (QED) is 0.158. The summed E-state index contributed by atoms with van der Waals surface area (Å²) in [7, 11) is 3.41. The number of ether oxygens (including phenoxy) is 5. The van der Waals surface area contributed by atoms with Crippen molar-refractivity contribution in [2.24, 2.45) is 23.2 Å². The number of carbonyl (C=O) groups is 3. The summed E-state index contributed by atoms with van der Waals surface area (Å²) >= 11 is 1.49. The van der Waals surface area contributed by atoms with Crippen LogP contribution in [0.3, 0.4) is 0 Å². The number of nitrogens with zero attached hydrogens (tertiary/aromatic N) is 5. The minimum atomic E-state index is -0.991. The number of rotatable bonds is 11. The van der Waals surface area contributed by atoms with E-state index in [2.05, 4.69) is 84.5 Å². The van der Waals surface area contributed by atoms with Crippen LogP contribution in [-0.4, -0.2) is 126 Å². The number of nitrogens with one attached hydrogen (secondary N) is 2. The lowest BCUT2D eigenvalue weighted by Gasteiger charge is -2.51. The highest BCUT2D eigenvalue weighted by atomic mass is 32.1. The van der Waals surface area contributed by atoms with E-state index in [0.717, 1.165) is 57.5 Å². The molecule has 1 aliphatic carbocycles. The minimum absolute atomic E-state index is 0.138. The van der Waals surface area contributed by atoms with E-state index in [0.29, 0.717) is 70.3 Å². The van der Waals surface area contributed by atoms with Gasteiger partial charge in [-0.05, 0) is 87.6 Å². The molecular formula is C50H67N7O8S. The van der Waals surface area contributed by atoms with Crippen molar-refractivity contribution >= 4 is 40.0 Å². The average molecular weight is 926 g/mol. The Labute approximate surface area is 392 Å². The van der Waals surface area contributed by atoms with E-state index < -0.39 is 35.1 Å². The molecule has 1 aromatic carbocycles. The standard InChI is InChI=1S/C50H67N7O8S/c1-29-30(2)40(29)45(58)53-42-44(55-26-50(6,27-55)62-8)46-52-38(25-66-46)32-13-14-39-35(23-32)36(24-49(4,5)28-65-48(60)37-12-10-18-57(54-37)47(42)59)43(34-11-9-17-51-41(34)31(3)61-7)56(39)19-22-64-33-15-20-63-21-16-33/h9,11,13-14,17,23,25,29-31,33,37,40,42,44,54H,10,12,15-16,18-22,24,26-28H2,1-8H3,(H,53,58)/t29-,30+,31-,37-,40?,42-,44-/m0/s1. The molecule has 15 nitrogen and oxygen atoms in total. The highest BCUT2D eigenvalue weighted by Crippen LogP contribution is 2.47. The number of hydrazine groups is 1. The number of hydrogen-bond donors (Lipinski definition) is 2. The van der Waals surface area contributed by atoms with E-state index >= 15 is 4.79 Å². The van der Waals surface area contributed by atoms with Crippen LogP contribution in [0.15, 0.2) is 41.9 Å². The molecule has 5 aliphatic rings. The first kappa shape index (κ1) is 46.8. The van der Waals surface area contributed by atoms with Gasteiger partial charge in [0.2, 0.25) is 5.91 Å². The van der Waals surface area contributed by atoms with Crippen LogP contribution >= 0.6 is 11.3 Å². The van der Waals surface area contributed by atoms with Crippen LogP contribution in [0.4, 0.5) is 0 Å². The molecule has 66 heavy (non-hydrogen) atoms.